The predicted molar refractivity (Wildman–Crippen MR) is 152 cm³/mol. The molecule has 0 N–H and O–H groups in total. The van der Waals surface area contributed by atoms with Crippen LogP contribution in [0.1, 0.15) is 53.5 Å². The molecule has 3 aromatic heterocycles. The molecular weight excluding hydrogens is 514 g/mol. The Morgan fingerprint density at radius 2 is 1.87 bits per heavy atom. The van der Waals surface area contributed by atoms with E-state index < -0.39 is 13.7 Å². The number of amides is 1. The minimum Gasteiger partial charge on any atom is -0.473 e. The molecule has 1 aliphatic rings. The van der Waals surface area contributed by atoms with Gasteiger partial charge in [-0.25, -0.2) is 24.4 Å². The first kappa shape index (κ1) is 29.0. The molecule has 0 atom stereocenters. The van der Waals surface area contributed by atoms with Gasteiger partial charge in [-0.15, -0.1) is 0 Å². The Hall–Kier alpha value is -2.99. The second kappa shape index (κ2) is 11.6. The molecule has 0 bridgehead atoms. The Morgan fingerprint density at radius 3 is 2.51 bits per heavy atom. The topological polar surface area (TPSA) is 109 Å². The van der Waals surface area contributed by atoms with Crippen LogP contribution in [-0.4, -0.2) is 79.8 Å². The summed E-state index contributed by atoms with van der Waals surface area (Å²) in [6.07, 6.45) is 6.26. The maximum Gasteiger partial charge on any atom is 0.410 e. The fraction of sp³-hybridized carbons (Fsp3) is 0.667. The quantitative estimate of drug-likeness (QED) is 0.255. The number of piperidine rings is 1. The zero-order chi connectivity index (χ0) is 28.4. The van der Waals surface area contributed by atoms with Crippen molar-refractivity contribution >= 4 is 25.3 Å². The minimum absolute atomic E-state index is 0.0646. The first-order chi connectivity index (χ1) is 18.3. The standard InChI is InChI=1S/C27H43N7O4Si/c1-19(2)34-24(29-17-30-34)21-16-33(18-36-13-14-39(6,7)8)25-23(21)31-22(15-28-25)37-20-9-11-32(12-10-20)26(35)38-27(3,4)5/h15-17,19-20H,9-14,18H2,1-8H3. The third kappa shape index (κ3) is 7.56. The van der Waals surface area contributed by atoms with Gasteiger partial charge in [0.25, 0.3) is 0 Å². The largest absolute Gasteiger partial charge is 0.473 e. The second-order valence-electron chi connectivity index (χ2n) is 12.6. The number of aromatic nitrogens is 6. The zero-order valence-electron chi connectivity index (χ0n) is 24.6. The highest BCUT2D eigenvalue weighted by molar-refractivity contribution is 6.76. The average molecular weight is 558 g/mol. The molecule has 1 saturated heterocycles. The number of fused-ring (bicyclic) bond motifs is 1. The van der Waals surface area contributed by atoms with E-state index in [-0.39, 0.29) is 18.2 Å². The SMILES string of the molecule is CC(C)n1ncnc1-c1cn(COCC[Si](C)(C)C)c2ncc(OC3CCN(C(=O)OC(C)(C)C)CC3)nc12. The number of carbonyl (C=O) groups is 1. The lowest BCUT2D eigenvalue weighted by molar-refractivity contribution is 0.0123. The molecular formula is C27H43N7O4Si. The Balaban J connectivity index is 1.52. The summed E-state index contributed by atoms with van der Waals surface area (Å²) >= 11 is 0. The zero-order valence-corrected chi connectivity index (χ0v) is 25.6. The number of likely N-dealkylation sites (tertiary alicyclic amines) is 1. The number of ether oxygens (including phenoxy) is 3. The highest BCUT2D eigenvalue weighted by atomic mass is 28.3. The Bertz CT molecular complexity index is 1270. The van der Waals surface area contributed by atoms with Gasteiger partial charge in [-0.1, -0.05) is 19.6 Å². The average Bonchev–Trinajstić information content (AvgIpc) is 3.45. The van der Waals surface area contributed by atoms with E-state index in [1.165, 1.54) is 0 Å². The normalized spacial score (nSPS) is 15.4. The van der Waals surface area contributed by atoms with E-state index >= 15 is 0 Å². The molecule has 4 heterocycles. The molecule has 39 heavy (non-hydrogen) atoms. The van der Waals surface area contributed by atoms with E-state index in [1.807, 2.05) is 36.2 Å². The van der Waals surface area contributed by atoms with Gasteiger partial charge in [0.2, 0.25) is 5.88 Å². The van der Waals surface area contributed by atoms with Crippen molar-refractivity contribution in [2.45, 2.75) is 97.6 Å². The van der Waals surface area contributed by atoms with Crippen molar-refractivity contribution in [1.82, 2.24) is 34.2 Å². The summed E-state index contributed by atoms with van der Waals surface area (Å²) in [6.45, 7) is 19.0. The lowest BCUT2D eigenvalue weighted by atomic mass is 10.1. The van der Waals surface area contributed by atoms with Crippen LogP contribution in [0.2, 0.25) is 25.7 Å². The summed E-state index contributed by atoms with van der Waals surface area (Å²) in [5.41, 5.74) is 1.73. The summed E-state index contributed by atoms with van der Waals surface area (Å²) in [5, 5.41) is 4.42. The summed E-state index contributed by atoms with van der Waals surface area (Å²) in [4.78, 5) is 28.3. The van der Waals surface area contributed by atoms with Crippen LogP contribution in [0, 0.1) is 0 Å². The molecule has 0 aliphatic carbocycles. The number of hydrogen-bond acceptors (Lipinski definition) is 8. The van der Waals surface area contributed by atoms with Gasteiger partial charge in [0, 0.05) is 52.9 Å². The van der Waals surface area contributed by atoms with Gasteiger partial charge >= 0.3 is 6.09 Å². The minimum atomic E-state index is -1.19. The van der Waals surface area contributed by atoms with Crippen LogP contribution >= 0.6 is 0 Å². The van der Waals surface area contributed by atoms with Crippen molar-refractivity contribution in [3.63, 3.8) is 0 Å². The van der Waals surface area contributed by atoms with E-state index in [2.05, 4.69) is 43.6 Å². The summed E-state index contributed by atoms with van der Waals surface area (Å²) in [5.74, 6) is 1.18. The van der Waals surface area contributed by atoms with E-state index in [0.717, 1.165) is 17.4 Å². The highest BCUT2D eigenvalue weighted by Crippen LogP contribution is 2.30. The number of carbonyl (C=O) groups excluding carboxylic acids is 1. The molecule has 0 radical (unpaired) electrons. The fourth-order valence-electron chi connectivity index (χ4n) is 4.37. The Labute approximate surface area is 231 Å². The van der Waals surface area contributed by atoms with Crippen molar-refractivity contribution in [3.05, 3.63) is 18.7 Å². The molecule has 0 saturated carbocycles. The molecule has 0 unspecified atom stereocenters. The van der Waals surface area contributed by atoms with E-state index in [1.54, 1.807) is 17.4 Å². The van der Waals surface area contributed by atoms with Crippen LogP contribution in [0.3, 0.4) is 0 Å². The lowest BCUT2D eigenvalue weighted by Gasteiger charge is -2.33. The molecule has 3 aromatic rings. The molecule has 4 rings (SSSR count). The van der Waals surface area contributed by atoms with Crippen molar-refractivity contribution in [1.29, 1.82) is 0 Å². The summed E-state index contributed by atoms with van der Waals surface area (Å²) in [6, 6.07) is 1.23. The lowest BCUT2D eigenvalue weighted by Crippen LogP contribution is -2.44. The summed E-state index contributed by atoms with van der Waals surface area (Å²) < 4.78 is 21.7. The predicted octanol–water partition coefficient (Wildman–Crippen LogP) is 5.36. The first-order valence-electron chi connectivity index (χ1n) is 13.8. The van der Waals surface area contributed by atoms with Gasteiger partial charge < -0.3 is 23.7 Å². The van der Waals surface area contributed by atoms with Gasteiger partial charge in [0.05, 0.1) is 11.8 Å². The number of hydrogen-bond donors (Lipinski definition) is 0. The Kier molecular flexibility index (Phi) is 8.65. The highest BCUT2D eigenvalue weighted by Gasteiger charge is 2.28. The molecule has 0 spiro atoms. The maximum atomic E-state index is 12.4. The van der Waals surface area contributed by atoms with Crippen molar-refractivity contribution in [2.75, 3.05) is 19.7 Å². The van der Waals surface area contributed by atoms with Gasteiger partial charge in [-0.3, -0.25) is 0 Å². The van der Waals surface area contributed by atoms with Gasteiger partial charge in [-0.2, -0.15) is 5.10 Å². The maximum absolute atomic E-state index is 12.4. The van der Waals surface area contributed by atoms with Crippen LogP contribution in [-0.2, 0) is 16.2 Å². The van der Waals surface area contributed by atoms with Gasteiger partial charge in [0.1, 0.15) is 30.3 Å². The van der Waals surface area contributed by atoms with E-state index in [9.17, 15) is 4.79 Å². The van der Waals surface area contributed by atoms with Crippen molar-refractivity contribution in [3.8, 4) is 17.3 Å². The second-order valence-corrected chi connectivity index (χ2v) is 18.3. The third-order valence-electron chi connectivity index (χ3n) is 6.45. The van der Waals surface area contributed by atoms with E-state index in [4.69, 9.17) is 24.2 Å². The van der Waals surface area contributed by atoms with Gasteiger partial charge in [-0.05, 0) is 40.7 Å². The van der Waals surface area contributed by atoms with Crippen LogP contribution in [0.4, 0.5) is 4.79 Å². The molecule has 0 aromatic carbocycles. The molecule has 1 fully saturated rings. The smallest absolute Gasteiger partial charge is 0.410 e. The third-order valence-corrected chi connectivity index (χ3v) is 8.16. The van der Waals surface area contributed by atoms with E-state index in [0.29, 0.717) is 56.3 Å². The van der Waals surface area contributed by atoms with Crippen molar-refractivity contribution in [2.24, 2.45) is 0 Å². The van der Waals surface area contributed by atoms with Crippen LogP contribution < -0.4 is 4.74 Å². The molecule has 214 valence electrons. The van der Waals surface area contributed by atoms with Crippen LogP contribution in [0.25, 0.3) is 22.6 Å². The van der Waals surface area contributed by atoms with Crippen LogP contribution in [0.5, 0.6) is 5.88 Å². The summed E-state index contributed by atoms with van der Waals surface area (Å²) in [7, 11) is -1.19. The van der Waals surface area contributed by atoms with Crippen molar-refractivity contribution < 1.29 is 19.0 Å². The number of rotatable bonds is 9. The van der Waals surface area contributed by atoms with Gasteiger partial charge in [0.15, 0.2) is 11.5 Å². The Morgan fingerprint density at radius 1 is 1.15 bits per heavy atom. The molecule has 11 nitrogen and oxygen atoms in total. The van der Waals surface area contributed by atoms with Crippen LogP contribution in [0.15, 0.2) is 18.7 Å². The number of nitrogens with zero attached hydrogens (tertiary/aromatic N) is 7. The molecule has 1 aliphatic heterocycles. The fourth-order valence-corrected chi connectivity index (χ4v) is 5.13. The first-order valence-corrected chi connectivity index (χ1v) is 17.5. The monoisotopic (exact) mass is 557 g/mol. The molecule has 1 amide bonds. The molecule has 12 heteroatoms.